The van der Waals surface area contributed by atoms with Crippen molar-refractivity contribution in [1.82, 2.24) is 15.4 Å². The van der Waals surface area contributed by atoms with Crippen LogP contribution in [-0.2, 0) is 28.9 Å². The van der Waals surface area contributed by atoms with Crippen LogP contribution in [0.1, 0.15) is 41.7 Å². The second kappa shape index (κ2) is 10.6. The zero-order valence-electron chi connectivity index (χ0n) is 17.0. The smallest absolute Gasteiger partial charge is 0.216 e. The van der Waals surface area contributed by atoms with E-state index in [4.69, 9.17) is 0 Å². The second-order valence-corrected chi connectivity index (χ2v) is 10.0. The Hall–Kier alpha value is -1.90. The molecule has 0 saturated carbocycles. The molecule has 0 aliphatic rings. The second-order valence-electron chi connectivity index (χ2n) is 6.91. The topological polar surface area (TPSA) is 82.6 Å². The normalized spacial score (nSPS) is 12.4. The van der Waals surface area contributed by atoms with Crippen molar-refractivity contribution in [2.24, 2.45) is 4.99 Å². The Labute approximate surface area is 172 Å². The molecule has 28 heavy (non-hydrogen) atoms. The van der Waals surface area contributed by atoms with E-state index in [0.717, 1.165) is 30.2 Å². The van der Waals surface area contributed by atoms with E-state index in [9.17, 15) is 8.42 Å². The molecule has 2 aromatic rings. The number of guanidine groups is 1. The maximum Gasteiger partial charge on any atom is 0.216 e. The lowest BCUT2D eigenvalue weighted by atomic mass is 10.1. The van der Waals surface area contributed by atoms with Gasteiger partial charge < -0.3 is 10.6 Å². The molecule has 8 heteroatoms. The van der Waals surface area contributed by atoms with Crippen LogP contribution < -0.4 is 15.4 Å². The third-order valence-electron chi connectivity index (χ3n) is 3.78. The highest BCUT2D eigenvalue weighted by Gasteiger charge is 2.12. The molecule has 1 aromatic carbocycles. The Balaban J connectivity index is 1.94. The number of sulfonamides is 1. The van der Waals surface area contributed by atoms with Gasteiger partial charge in [-0.3, -0.25) is 0 Å². The predicted molar refractivity (Wildman–Crippen MR) is 118 cm³/mol. The zero-order valence-corrected chi connectivity index (χ0v) is 18.6. The van der Waals surface area contributed by atoms with Gasteiger partial charge in [0.05, 0.1) is 18.8 Å². The van der Waals surface area contributed by atoms with E-state index in [1.165, 1.54) is 9.75 Å². The molecule has 0 atom stereocenters. The Morgan fingerprint density at radius 2 is 1.75 bits per heavy atom. The molecule has 1 heterocycles. The molecule has 0 fully saturated rings. The number of rotatable bonds is 9. The molecule has 0 bridgehead atoms. The summed E-state index contributed by atoms with van der Waals surface area (Å²) in [5, 5.41) is 6.59. The number of thiophene rings is 1. The number of aryl methyl sites for hydroxylation is 1. The molecule has 0 spiro atoms. The van der Waals surface area contributed by atoms with Crippen LogP contribution in [0, 0.1) is 6.92 Å². The van der Waals surface area contributed by atoms with Gasteiger partial charge in [-0.1, -0.05) is 24.3 Å². The Kier molecular flexibility index (Phi) is 8.47. The summed E-state index contributed by atoms with van der Waals surface area (Å²) in [7, 11) is -3.31. The molecule has 6 nitrogen and oxygen atoms in total. The molecule has 3 N–H and O–H groups in total. The first-order valence-corrected chi connectivity index (χ1v) is 11.9. The Morgan fingerprint density at radius 1 is 1.07 bits per heavy atom. The van der Waals surface area contributed by atoms with E-state index in [2.05, 4.69) is 39.4 Å². The number of hydrogen-bond donors (Lipinski definition) is 3. The number of benzene rings is 1. The first kappa shape index (κ1) is 22.4. The average molecular weight is 423 g/mol. The molecule has 154 valence electrons. The summed E-state index contributed by atoms with van der Waals surface area (Å²) in [6.07, 6.45) is 0. The van der Waals surface area contributed by atoms with Gasteiger partial charge in [-0.25, -0.2) is 18.1 Å². The fourth-order valence-corrected chi connectivity index (χ4v) is 4.89. The SMILES string of the molecule is CCNC(=NCc1ccc(CS(=O)(=O)NC(C)C)cc1)NCc1ccc(C)s1. The molecular weight excluding hydrogens is 392 g/mol. The summed E-state index contributed by atoms with van der Waals surface area (Å²) in [4.78, 5) is 7.18. The van der Waals surface area contributed by atoms with Crippen molar-refractivity contribution in [2.75, 3.05) is 6.54 Å². The van der Waals surface area contributed by atoms with E-state index in [-0.39, 0.29) is 11.8 Å². The van der Waals surface area contributed by atoms with Crippen molar-refractivity contribution in [3.05, 3.63) is 57.3 Å². The number of nitrogens with one attached hydrogen (secondary N) is 3. The van der Waals surface area contributed by atoms with Crippen LogP contribution in [0.4, 0.5) is 0 Å². The lowest BCUT2D eigenvalue weighted by molar-refractivity contribution is 0.569. The highest BCUT2D eigenvalue weighted by Crippen LogP contribution is 2.14. The van der Waals surface area contributed by atoms with Crippen LogP contribution in [0.2, 0.25) is 0 Å². The Bertz CT molecular complexity index is 872. The molecule has 2 rings (SSSR count). The first-order valence-electron chi connectivity index (χ1n) is 9.42. The molecule has 0 amide bonds. The van der Waals surface area contributed by atoms with Gasteiger partial charge in [0.1, 0.15) is 0 Å². The average Bonchev–Trinajstić information content (AvgIpc) is 3.02. The summed E-state index contributed by atoms with van der Waals surface area (Å²) in [5.74, 6) is 0.750. The van der Waals surface area contributed by atoms with Crippen molar-refractivity contribution in [3.63, 3.8) is 0 Å². The maximum absolute atomic E-state index is 12.0. The first-order chi connectivity index (χ1) is 13.3. The highest BCUT2D eigenvalue weighted by atomic mass is 32.2. The van der Waals surface area contributed by atoms with E-state index in [1.54, 1.807) is 11.3 Å². The van der Waals surface area contributed by atoms with Crippen molar-refractivity contribution in [2.45, 2.75) is 52.6 Å². The number of nitrogens with zero attached hydrogens (tertiary/aromatic N) is 1. The zero-order chi connectivity index (χ0) is 20.6. The van der Waals surface area contributed by atoms with Gasteiger partial charge in [0.15, 0.2) is 5.96 Å². The van der Waals surface area contributed by atoms with Crippen LogP contribution in [0.3, 0.4) is 0 Å². The van der Waals surface area contributed by atoms with Crippen LogP contribution in [0.25, 0.3) is 0 Å². The van der Waals surface area contributed by atoms with Crippen molar-refractivity contribution >= 4 is 27.3 Å². The van der Waals surface area contributed by atoms with Gasteiger partial charge in [0.25, 0.3) is 0 Å². The quantitative estimate of drug-likeness (QED) is 0.428. The molecule has 0 aliphatic heterocycles. The number of hydrogen-bond acceptors (Lipinski definition) is 4. The van der Waals surface area contributed by atoms with Crippen molar-refractivity contribution in [3.8, 4) is 0 Å². The lowest BCUT2D eigenvalue weighted by Gasteiger charge is -2.11. The minimum Gasteiger partial charge on any atom is -0.357 e. The third kappa shape index (κ3) is 8.00. The largest absolute Gasteiger partial charge is 0.357 e. The van der Waals surface area contributed by atoms with Gasteiger partial charge in [0.2, 0.25) is 10.0 Å². The molecule has 1 aromatic heterocycles. The molecular formula is C20H30N4O2S2. The number of aliphatic imine (C=N–C) groups is 1. The third-order valence-corrected chi connectivity index (χ3v) is 6.33. The fraction of sp³-hybridized carbons (Fsp3) is 0.450. The van der Waals surface area contributed by atoms with E-state index in [0.29, 0.717) is 6.54 Å². The molecule has 0 saturated heterocycles. The van der Waals surface area contributed by atoms with Crippen LogP contribution in [-0.4, -0.2) is 27.0 Å². The van der Waals surface area contributed by atoms with Crippen LogP contribution in [0.15, 0.2) is 41.4 Å². The predicted octanol–water partition coefficient (Wildman–Crippen LogP) is 3.14. The summed E-state index contributed by atoms with van der Waals surface area (Å²) in [6.45, 7) is 9.81. The van der Waals surface area contributed by atoms with Crippen molar-refractivity contribution in [1.29, 1.82) is 0 Å². The molecule has 0 aliphatic carbocycles. The van der Waals surface area contributed by atoms with Gasteiger partial charge in [-0.15, -0.1) is 11.3 Å². The Morgan fingerprint density at radius 3 is 2.32 bits per heavy atom. The standard InChI is InChI=1S/C20H30N4O2S2/c1-5-21-20(23-13-19-11-6-16(4)27-19)22-12-17-7-9-18(10-8-17)14-28(25,26)24-15(2)3/h6-11,15,24H,5,12-14H2,1-4H3,(H2,21,22,23). The minimum absolute atomic E-state index is 0.0147. The monoisotopic (exact) mass is 422 g/mol. The molecule has 0 unspecified atom stereocenters. The molecule has 0 radical (unpaired) electrons. The minimum atomic E-state index is -3.31. The van der Waals surface area contributed by atoms with Crippen molar-refractivity contribution < 1.29 is 8.42 Å². The summed E-state index contributed by atoms with van der Waals surface area (Å²) < 4.78 is 26.6. The van der Waals surface area contributed by atoms with E-state index in [1.807, 2.05) is 45.0 Å². The van der Waals surface area contributed by atoms with Gasteiger partial charge in [-0.05, 0) is 51.0 Å². The summed E-state index contributed by atoms with van der Waals surface area (Å²) in [5.41, 5.74) is 1.79. The van der Waals surface area contributed by atoms with E-state index < -0.39 is 10.0 Å². The fourth-order valence-electron chi connectivity index (χ4n) is 2.62. The van der Waals surface area contributed by atoms with Crippen LogP contribution in [0.5, 0.6) is 0 Å². The van der Waals surface area contributed by atoms with Gasteiger partial charge in [0, 0.05) is 22.3 Å². The van der Waals surface area contributed by atoms with Crippen LogP contribution >= 0.6 is 11.3 Å². The maximum atomic E-state index is 12.0. The lowest BCUT2D eigenvalue weighted by Crippen LogP contribution is -2.36. The van der Waals surface area contributed by atoms with E-state index >= 15 is 0 Å². The summed E-state index contributed by atoms with van der Waals surface area (Å²) in [6, 6.07) is 11.7. The van der Waals surface area contributed by atoms with Gasteiger partial charge >= 0.3 is 0 Å². The van der Waals surface area contributed by atoms with Gasteiger partial charge in [-0.2, -0.15) is 0 Å². The highest BCUT2D eigenvalue weighted by molar-refractivity contribution is 7.88. The summed E-state index contributed by atoms with van der Waals surface area (Å²) >= 11 is 1.77.